The molecule has 21 heavy (non-hydrogen) atoms. The average Bonchev–Trinajstić information content (AvgIpc) is 3.08. The topological polar surface area (TPSA) is 51.7 Å². The predicted octanol–water partition coefficient (Wildman–Crippen LogP) is 2.01. The molecule has 0 radical (unpaired) electrons. The third kappa shape index (κ3) is 2.94. The van der Waals surface area contributed by atoms with Gasteiger partial charge in [0, 0.05) is 24.5 Å². The van der Waals surface area contributed by atoms with E-state index in [9.17, 15) is 4.79 Å². The first-order valence-corrected chi connectivity index (χ1v) is 7.78. The van der Waals surface area contributed by atoms with Crippen LogP contribution in [0.2, 0.25) is 0 Å². The number of amides is 1. The Bertz CT molecular complexity index is 500. The quantitative estimate of drug-likeness (QED) is 0.854. The Hall–Kier alpha value is -1.46. The fraction of sp³-hybridized carbons (Fsp3) is 0.625. The third-order valence-corrected chi connectivity index (χ3v) is 4.29. The van der Waals surface area contributed by atoms with E-state index in [1.165, 1.54) is 0 Å². The molecule has 2 fully saturated rings. The van der Waals surface area contributed by atoms with Crippen molar-refractivity contribution in [2.24, 2.45) is 0 Å². The monoisotopic (exact) mass is 290 g/mol. The number of aryl methyl sites for hydroxylation is 1. The van der Waals surface area contributed by atoms with Gasteiger partial charge in [-0.15, -0.1) is 0 Å². The minimum atomic E-state index is -0.263. The maximum absolute atomic E-state index is 12.9. The van der Waals surface area contributed by atoms with Crippen LogP contribution in [0.1, 0.15) is 42.1 Å². The smallest absolute Gasteiger partial charge is 0.254 e. The second kappa shape index (κ2) is 6.54. The van der Waals surface area contributed by atoms with Gasteiger partial charge in [-0.05, 0) is 37.3 Å². The molecule has 1 amide bonds. The van der Waals surface area contributed by atoms with Gasteiger partial charge in [0.1, 0.15) is 0 Å². The van der Waals surface area contributed by atoms with Crippen molar-refractivity contribution in [3.63, 3.8) is 0 Å². The molecule has 114 valence electrons. The molecule has 2 aliphatic rings. The number of hydrogen-bond donors (Lipinski definition) is 0. The Morgan fingerprint density at radius 3 is 2.95 bits per heavy atom. The number of aromatic nitrogens is 1. The molecule has 0 saturated carbocycles. The first-order valence-electron chi connectivity index (χ1n) is 7.78. The highest BCUT2D eigenvalue weighted by atomic mass is 16.7. The molecule has 1 aromatic heterocycles. The van der Waals surface area contributed by atoms with Crippen LogP contribution >= 0.6 is 0 Å². The summed E-state index contributed by atoms with van der Waals surface area (Å²) in [5.74, 6) is 0.0815. The van der Waals surface area contributed by atoms with Gasteiger partial charge >= 0.3 is 0 Å². The minimum Gasteiger partial charge on any atom is -0.348 e. The van der Waals surface area contributed by atoms with Gasteiger partial charge in [-0.1, -0.05) is 6.92 Å². The van der Waals surface area contributed by atoms with Crippen LogP contribution in [-0.4, -0.2) is 47.9 Å². The summed E-state index contributed by atoms with van der Waals surface area (Å²) in [7, 11) is 0. The number of nitrogens with zero attached hydrogens (tertiary/aromatic N) is 2. The molecular weight excluding hydrogens is 268 g/mol. The molecular formula is C16H22N2O3. The molecule has 0 aromatic carbocycles. The Kier molecular flexibility index (Phi) is 4.51. The third-order valence-electron chi connectivity index (χ3n) is 4.29. The number of likely N-dealkylation sites (tertiary alicyclic amines) is 1. The van der Waals surface area contributed by atoms with E-state index in [1.54, 1.807) is 12.4 Å². The van der Waals surface area contributed by atoms with Gasteiger partial charge in [0.25, 0.3) is 5.91 Å². The summed E-state index contributed by atoms with van der Waals surface area (Å²) in [5.41, 5.74) is 1.76. The van der Waals surface area contributed by atoms with Crippen molar-refractivity contribution in [2.45, 2.75) is 44.9 Å². The minimum absolute atomic E-state index is 0.0339. The van der Waals surface area contributed by atoms with E-state index in [2.05, 4.69) is 4.98 Å². The van der Waals surface area contributed by atoms with Crippen molar-refractivity contribution in [1.29, 1.82) is 0 Å². The molecule has 1 aromatic rings. The molecule has 0 spiro atoms. The average molecular weight is 290 g/mol. The van der Waals surface area contributed by atoms with Gasteiger partial charge in [0.15, 0.2) is 6.29 Å². The van der Waals surface area contributed by atoms with Crippen molar-refractivity contribution in [1.82, 2.24) is 9.88 Å². The fourth-order valence-electron chi connectivity index (χ4n) is 3.16. The van der Waals surface area contributed by atoms with E-state index in [4.69, 9.17) is 9.47 Å². The highest BCUT2D eigenvalue weighted by Gasteiger charge is 2.36. The molecule has 3 rings (SSSR count). The summed E-state index contributed by atoms with van der Waals surface area (Å²) in [6.07, 6.45) is 7.13. The molecule has 0 aliphatic carbocycles. The first kappa shape index (κ1) is 14.5. The van der Waals surface area contributed by atoms with Crippen molar-refractivity contribution in [2.75, 3.05) is 19.8 Å². The van der Waals surface area contributed by atoms with Crippen molar-refractivity contribution in [3.05, 3.63) is 29.6 Å². The second-order valence-electron chi connectivity index (χ2n) is 5.56. The summed E-state index contributed by atoms with van der Waals surface area (Å²) in [5, 5.41) is 0. The van der Waals surface area contributed by atoms with Crippen LogP contribution < -0.4 is 0 Å². The van der Waals surface area contributed by atoms with Crippen LogP contribution in [0.3, 0.4) is 0 Å². The first-order chi connectivity index (χ1) is 10.3. The summed E-state index contributed by atoms with van der Waals surface area (Å²) < 4.78 is 11.3. The zero-order valence-electron chi connectivity index (χ0n) is 12.5. The second-order valence-corrected chi connectivity index (χ2v) is 5.56. The Morgan fingerprint density at radius 2 is 2.19 bits per heavy atom. The zero-order valence-corrected chi connectivity index (χ0v) is 12.5. The van der Waals surface area contributed by atoms with E-state index in [0.717, 1.165) is 43.4 Å². The summed E-state index contributed by atoms with van der Waals surface area (Å²) in [6.45, 7) is 4.07. The van der Waals surface area contributed by atoms with Crippen molar-refractivity contribution >= 4 is 5.91 Å². The SMILES string of the molecule is CCc1cnccc1C(=O)N1CCCC[C@@H]1C1OCCO1. The van der Waals surface area contributed by atoms with E-state index in [0.29, 0.717) is 13.2 Å². The molecule has 0 bridgehead atoms. The van der Waals surface area contributed by atoms with Crippen LogP contribution in [0.25, 0.3) is 0 Å². The highest BCUT2D eigenvalue weighted by molar-refractivity contribution is 5.95. The lowest BCUT2D eigenvalue weighted by Gasteiger charge is -2.38. The number of hydrogen-bond acceptors (Lipinski definition) is 4. The van der Waals surface area contributed by atoms with Crippen LogP contribution in [0.5, 0.6) is 0 Å². The number of piperidine rings is 1. The maximum atomic E-state index is 12.9. The lowest BCUT2D eigenvalue weighted by Crippen LogP contribution is -2.50. The molecule has 2 aliphatic heterocycles. The van der Waals surface area contributed by atoms with Gasteiger partial charge in [-0.2, -0.15) is 0 Å². The number of carbonyl (C=O) groups excluding carboxylic acids is 1. The van der Waals surface area contributed by atoms with Crippen LogP contribution in [-0.2, 0) is 15.9 Å². The molecule has 3 heterocycles. The Morgan fingerprint density at radius 1 is 1.38 bits per heavy atom. The molecule has 5 nitrogen and oxygen atoms in total. The van der Waals surface area contributed by atoms with Gasteiger partial charge in [0.2, 0.25) is 0 Å². The summed E-state index contributed by atoms with van der Waals surface area (Å²) in [4.78, 5) is 19.0. The summed E-state index contributed by atoms with van der Waals surface area (Å²) in [6, 6.07) is 1.86. The van der Waals surface area contributed by atoms with Crippen LogP contribution in [0, 0.1) is 0 Å². The van der Waals surface area contributed by atoms with E-state index >= 15 is 0 Å². The number of pyridine rings is 1. The Labute approximate surface area is 125 Å². The van der Waals surface area contributed by atoms with Gasteiger partial charge in [0.05, 0.1) is 19.3 Å². The number of rotatable bonds is 3. The molecule has 0 unspecified atom stereocenters. The zero-order chi connectivity index (χ0) is 14.7. The maximum Gasteiger partial charge on any atom is 0.254 e. The van der Waals surface area contributed by atoms with E-state index in [-0.39, 0.29) is 18.2 Å². The van der Waals surface area contributed by atoms with Crippen LogP contribution in [0.15, 0.2) is 18.5 Å². The normalized spacial score (nSPS) is 23.5. The molecule has 2 saturated heterocycles. The van der Waals surface area contributed by atoms with Crippen LogP contribution in [0.4, 0.5) is 0 Å². The molecule has 1 atom stereocenters. The molecule has 0 N–H and O–H groups in total. The van der Waals surface area contributed by atoms with Gasteiger partial charge < -0.3 is 14.4 Å². The lowest BCUT2D eigenvalue weighted by molar-refractivity contribution is -0.100. The summed E-state index contributed by atoms with van der Waals surface area (Å²) >= 11 is 0. The largest absolute Gasteiger partial charge is 0.348 e. The number of ether oxygens (including phenoxy) is 2. The van der Waals surface area contributed by atoms with Crippen molar-refractivity contribution < 1.29 is 14.3 Å². The van der Waals surface area contributed by atoms with Gasteiger partial charge in [-0.25, -0.2) is 0 Å². The fourth-order valence-corrected chi connectivity index (χ4v) is 3.16. The predicted molar refractivity (Wildman–Crippen MR) is 78.0 cm³/mol. The lowest BCUT2D eigenvalue weighted by atomic mass is 9.99. The molecule has 5 heteroatoms. The Balaban J connectivity index is 1.83. The highest BCUT2D eigenvalue weighted by Crippen LogP contribution is 2.26. The van der Waals surface area contributed by atoms with E-state index < -0.39 is 0 Å². The van der Waals surface area contributed by atoms with Gasteiger partial charge in [-0.3, -0.25) is 9.78 Å². The van der Waals surface area contributed by atoms with E-state index in [1.807, 2.05) is 17.9 Å². The number of carbonyl (C=O) groups is 1. The van der Waals surface area contributed by atoms with Crippen molar-refractivity contribution in [3.8, 4) is 0 Å². The standard InChI is InChI=1S/C16H22N2O3/c1-2-12-11-17-7-6-13(12)15(19)18-8-4-3-5-14(18)16-20-9-10-21-16/h6-7,11,14,16H,2-5,8-10H2,1H3/t14-/m1/s1.